The molecule has 0 unspecified atom stereocenters. The summed E-state index contributed by atoms with van der Waals surface area (Å²) >= 11 is 5.77. The number of hydrogen-bond acceptors (Lipinski definition) is 2. The van der Waals surface area contributed by atoms with E-state index in [1.807, 2.05) is 0 Å². The first-order valence-electron chi connectivity index (χ1n) is 6.66. The van der Waals surface area contributed by atoms with Crippen LogP contribution in [0.2, 0.25) is 5.02 Å². The molecule has 0 saturated heterocycles. The Morgan fingerprint density at radius 2 is 1.65 bits per heavy atom. The lowest BCUT2D eigenvalue weighted by Crippen LogP contribution is -2.45. The van der Waals surface area contributed by atoms with Crippen LogP contribution >= 0.6 is 11.6 Å². The first-order chi connectivity index (χ1) is 10.8. The van der Waals surface area contributed by atoms with Crippen molar-refractivity contribution in [2.45, 2.75) is 12.5 Å². The Morgan fingerprint density at radius 3 is 2.17 bits per heavy atom. The van der Waals surface area contributed by atoms with E-state index in [-0.39, 0.29) is 12.0 Å². The van der Waals surface area contributed by atoms with Crippen LogP contribution in [0.15, 0.2) is 42.5 Å². The first kappa shape index (κ1) is 16.9. The van der Waals surface area contributed by atoms with Crippen LogP contribution in [-0.4, -0.2) is 17.9 Å². The van der Waals surface area contributed by atoms with Crippen LogP contribution in [0, 0.1) is 11.6 Å². The highest BCUT2D eigenvalue weighted by molar-refractivity contribution is 6.30. The highest BCUT2D eigenvalue weighted by atomic mass is 35.5. The van der Waals surface area contributed by atoms with Gasteiger partial charge in [-0.2, -0.15) is 0 Å². The van der Waals surface area contributed by atoms with Crippen LogP contribution in [0.4, 0.5) is 8.78 Å². The Balaban J connectivity index is 2.14. The average molecular weight is 339 g/mol. The van der Waals surface area contributed by atoms with Gasteiger partial charge in [0, 0.05) is 23.1 Å². The molecule has 0 aromatic heterocycles. The minimum atomic E-state index is -1.02. The highest BCUT2D eigenvalue weighted by Gasteiger charge is 2.20. The van der Waals surface area contributed by atoms with E-state index >= 15 is 0 Å². The lowest BCUT2D eigenvalue weighted by molar-refractivity contribution is -0.119. The van der Waals surface area contributed by atoms with E-state index in [4.69, 9.17) is 17.3 Å². The minimum Gasteiger partial charge on any atom is -0.368 e. The number of carbonyl (C=O) groups excluding carboxylic acids is 2. The number of carbonyl (C=O) groups is 2. The van der Waals surface area contributed by atoms with E-state index < -0.39 is 29.5 Å². The van der Waals surface area contributed by atoms with Crippen molar-refractivity contribution in [3.05, 3.63) is 70.2 Å². The van der Waals surface area contributed by atoms with Crippen molar-refractivity contribution in [2.75, 3.05) is 0 Å². The van der Waals surface area contributed by atoms with Crippen molar-refractivity contribution in [3.63, 3.8) is 0 Å². The molecular weight excluding hydrogens is 326 g/mol. The summed E-state index contributed by atoms with van der Waals surface area (Å²) in [4.78, 5) is 23.5. The number of nitrogens with one attached hydrogen (secondary N) is 1. The zero-order valence-electron chi connectivity index (χ0n) is 11.9. The van der Waals surface area contributed by atoms with Crippen LogP contribution in [-0.2, 0) is 11.2 Å². The molecule has 0 radical (unpaired) electrons. The summed E-state index contributed by atoms with van der Waals surface area (Å²) in [5.74, 6) is -3.32. The number of nitrogens with two attached hydrogens (primary N) is 1. The molecule has 0 bridgehead atoms. The number of hydrogen-bond donors (Lipinski definition) is 2. The van der Waals surface area contributed by atoms with Gasteiger partial charge in [0.05, 0.1) is 0 Å². The van der Waals surface area contributed by atoms with Crippen LogP contribution in [0.1, 0.15) is 15.9 Å². The third-order valence-electron chi connectivity index (χ3n) is 3.13. The van der Waals surface area contributed by atoms with Crippen LogP contribution in [0.5, 0.6) is 0 Å². The Kier molecular flexibility index (Phi) is 5.28. The zero-order chi connectivity index (χ0) is 17.0. The van der Waals surface area contributed by atoms with Crippen LogP contribution < -0.4 is 11.1 Å². The second-order valence-electron chi connectivity index (χ2n) is 4.92. The van der Waals surface area contributed by atoms with Gasteiger partial charge in [-0.25, -0.2) is 8.78 Å². The number of amides is 2. The maximum Gasteiger partial charge on any atom is 0.252 e. The SMILES string of the molecule is NC(=O)[C@H](Cc1ccc(Cl)cc1)NC(=O)c1cc(F)cc(F)c1. The third-order valence-corrected chi connectivity index (χ3v) is 3.38. The van der Waals surface area contributed by atoms with Crippen LogP contribution in [0.3, 0.4) is 0 Å². The third kappa shape index (κ3) is 4.75. The molecule has 2 aromatic rings. The van der Waals surface area contributed by atoms with Gasteiger partial charge >= 0.3 is 0 Å². The predicted octanol–water partition coefficient (Wildman–Crippen LogP) is 2.44. The molecule has 1 atom stereocenters. The standard InChI is InChI=1S/C16H13ClF2N2O2/c17-11-3-1-9(2-4-11)5-14(15(20)22)21-16(23)10-6-12(18)8-13(19)7-10/h1-4,6-8,14H,5H2,(H2,20,22)(H,21,23)/t14-/m0/s1. The van der Waals surface area contributed by atoms with Crippen molar-refractivity contribution < 1.29 is 18.4 Å². The molecule has 23 heavy (non-hydrogen) atoms. The maximum atomic E-state index is 13.1. The molecule has 2 amide bonds. The highest BCUT2D eigenvalue weighted by Crippen LogP contribution is 2.12. The monoisotopic (exact) mass is 338 g/mol. The molecule has 0 spiro atoms. The number of benzene rings is 2. The predicted molar refractivity (Wildman–Crippen MR) is 82.0 cm³/mol. The molecular formula is C16H13ClF2N2O2. The fourth-order valence-electron chi connectivity index (χ4n) is 2.01. The van der Waals surface area contributed by atoms with Gasteiger partial charge in [0.15, 0.2) is 0 Å². The number of rotatable bonds is 5. The van der Waals surface area contributed by atoms with Gasteiger partial charge in [-0.05, 0) is 29.8 Å². The number of halogens is 3. The molecule has 0 fully saturated rings. The summed E-state index contributed by atoms with van der Waals surface area (Å²) in [6.07, 6.45) is 0.135. The second-order valence-corrected chi connectivity index (χ2v) is 5.35. The smallest absolute Gasteiger partial charge is 0.252 e. The topological polar surface area (TPSA) is 72.2 Å². The largest absolute Gasteiger partial charge is 0.368 e. The molecule has 2 rings (SSSR count). The molecule has 3 N–H and O–H groups in total. The molecule has 7 heteroatoms. The van der Waals surface area contributed by atoms with E-state index in [1.54, 1.807) is 24.3 Å². The lowest BCUT2D eigenvalue weighted by atomic mass is 10.0. The normalized spacial score (nSPS) is 11.8. The summed E-state index contributed by atoms with van der Waals surface area (Å²) in [5, 5.41) is 2.90. The van der Waals surface area contributed by atoms with Crippen LogP contribution in [0.25, 0.3) is 0 Å². The van der Waals surface area contributed by atoms with Crippen molar-refractivity contribution in [1.82, 2.24) is 5.32 Å². The summed E-state index contributed by atoms with van der Waals surface area (Å²) in [7, 11) is 0. The van der Waals surface area contributed by atoms with E-state index in [2.05, 4.69) is 5.32 Å². The Labute approximate surface area is 136 Å². The average Bonchev–Trinajstić information content (AvgIpc) is 2.47. The first-order valence-corrected chi connectivity index (χ1v) is 7.03. The fourth-order valence-corrected chi connectivity index (χ4v) is 2.13. The Morgan fingerprint density at radius 1 is 1.09 bits per heavy atom. The quantitative estimate of drug-likeness (QED) is 0.879. The van der Waals surface area contributed by atoms with Crippen molar-refractivity contribution in [3.8, 4) is 0 Å². The lowest BCUT2D eigenvalue weighted by Gasteiger charge is -2.16. The maximum absolute atomic E-state index is 13.1. The number of primary amides is 1. The molecule has 120 valence electrons. The van der Waals surface area contributed by atoms with Gasteiger partial charge in [0.1, 0.15) is 17.7 Å². The van der Waals surface area contributed by atoms with E-state index in [9.17, 15) is 18.4 Å². The molecule has 0 aliphatic heterocycles. The Bertz CT molecular complexity index is 715. The van der Waals surface area contributed by atoms with Crippen molar-refractivity contribution in [1.29, 1.82) is 0 Å². The van der Waals surface area contributed by atoms with Gasteiger partial charge < -0.3 is 11.1 Å². The minimum absolute atomic E-state index is 0.135. The molecule has 4 nitrogen and oxygen atoms in total. The second kappa shape index (κ2) is 7.19. The Hall–Kier alpha value is -2.47. The fraction of sp³-hybridized carbons (Fsp3) is 0.125. The molecule has 0 heterocycles. The summed E-state index contributed by atoms with van der Waals surface area (Å²) in [6.45, 7) is 0. The molecule has 0 saturated carbocycles. The van der Waals surface area contributed by atoms with Gasteiger partial charge in [-0.1, -0.05) is 23.7 Å². The van der Waals surface area contributed by atoms with Crippen molar-refractivity contribution >= 4 is 23.4 Å². The van der Waals surface area contributed by atoms with Gasteiger partial charge in [0.25, 0.3) is 5.91 Å². The summed E-state index contributed by atoms with van der Waals surface area (Å²) in [5.41, 5.74) is 5.77. The van der Waals surface area contributed by atoms with E-state index in [1.165, 1.54) is 0 Å². The van der Waals surface area contributed by atoms with Gasteiger partial charge in [-0.15, -0.1) is 0 Å². The van der Waals surface area contributed by atoms with E-state index in [0.29, 0.717) is 11.1 Å². The van der Waals surface area contributed by atoms with Gasteiger partial charge in [0.2, 0.25) is 5.91 Å². The molecule has 0 aliphatic rings. The van der Waals surface area contributed by atoms with E-state index in [0.717, 1.165) is 17.7 Å². The molecule has 2 aromatic carbocycles. The zero-order valence-corrected chi connectivity index (χ0v) is 12.6. The van der Waals surface area contributed by atoms with Gasteiger partial charge in [-0.3, -0.25) is 9.59 Å². The van der Waals surface area contributed by atoms with Crippen molar-refractivity contribution in [2.24, 2.45) is 5.73 Å². The summed E-state index contributed by atoms with van der Waals surface area (Å²) < 4.78 is 26.3. The molecule has 0 aliphatic carbocycles. The summed E-state index contributed by atoms with van der Waals surface area (Å²) in [6, 6.07) is 8.03.